The van der Waals surface area contributed by atoms with Gasteiger partial charge < -0.3 is 20.5 Å². The maximum atomic E-state index is 12.0. The fourth-order valence-electron chi connectivity index (χ4n) is 2.15. The molecule has 116 valence electrons. The predicted octanol–water partition coefficient (Wildman–Crippen LogP) is 2.86. The van der Waals surface area contributed by atoms with Crippen molar-refractivity contribution >= 4 is 17.3 Å². The van der Waals surface area contributed by atoms with Crippen molar-refractivity contribution in [2.24, 2.45) is 0 Å². The number of hydrogen-bond donors (Lipinski definition) is 2. The lowest BCUT2D eigenvalue weighted by atomic mass is 10.1. The summed E-state index contributed by atoms with van der Waals surface area (Å²) in [5.74, 6) is 1.13. The summed E-state index contributed by atoms with van der Waals surface area (Å²) >= 11 is 0. The molecule has 0 spiro atoms. The van der Waals surface area contributed by atoms with E-state index in [1.807, 2.05) is 24.3 Å². The van der Waals surface area contributed by atoms with Crippen molar-refractivity contribution in [3.8, 4) is 11.5 Å². The Morgan fingerprint density at radius 3 is 2.50 bits per heavy atom. The van der Waals surface area contributed by atoms with Crippen LogP contribution in [0.3, 0.4) is 0 Å². The molecule has 2 rings (SSSR count). The van der Waals surface area contributed by atoms with Gasteiger partial charge in [-0.1, -0.05) is 18.2 Å². The summed E-state index contributed by atoms with van der Waals surface area (Å²) in [6.07, 6.45) is 0.967. The third-order valence-electron chi connectivity index (χ3n) is 3.34. The minimum Gasteiger partial charge on any atom is -0.493 e. The van der Waals surface area contributed by atoms with Gasteiger partial charge in [0.15, 0.2) is 11.5 Å². The van der Waals surface area contributed by atoms with Gasteiger partial charge in [-0.2, -0.15) is 0 Å². The maximum Gasteiger partial charge on any atom is 0.224 e. The van der Waals surface area contributed by atoms with Crippen molar-refractivity contribution in [3.05, 3.63) is 48.0 Å². The molecule has 0 aliphatic rings. The van der Waals surface area contributed by atoms with E-state index in [0.29, 0.717) is 35.7 Å². The van der Waals surface area contributed by atoms with Crippen LogP contribution in [0, 0.1) is 0 Å². The first kappa shape index (κ1) is 15.7. The summed E-state index contributed by atoms with van der Waals surface area (Å²) in [6.45, 7) is 0. The van der Waals surface area contributed by atoms with E-state index in [2.05, 4.69) is 5.32 Å². The molecule has 0 unspecified atom stereocenters. The van der Waals surface area contributed by atoms with Crippen molar-refractivity contribution in [1.82, 2.24) is 0 Å². The van der Waals surface area contributed by atoms with E-state index in [1.54, 1.807) is 32.4 Å². The van der Waals surface area contributed by atoms with Crippen LogP contribution in [-0.2, 0) is 11.2 Å². The van der Waals surface area contributed by atoms with Gasteiger partial charge in [0.25, 0.3) is 0 Å². The second-order valence-electron chi connectivity index (χ2n) is 4.82. The summed E-state index contributed by atoms with van der Waals surface area (Å²) < 4.78 is 10.4. The molecule has 0 bridgehead atoms. The zero-order valence-corrected chi connectivity index (χ0v) is 12.8. The average molecular weight is 300 g/mol. The van der Waals surface area contributed by atoms with Gasteiger partial charge >= 0.3 is 0 Å². The quantitative estimate of drug-likeness (QED) is 0.805. The summed E-state index contributed by atoms with van der Waals surface area (Å²) in [7, 11) is 3.13. The van der Waals surface area contributed by atoms with E-state index in [-0.39, 0.29) is 5.91 Å². The number of hydrogen-bond acceptors (Lipinski definition) is 4. The molecule has 0 aromatic heterocycles. The van der Waals surface area contributed by atoms with Crippen molar-refractivity contribution in [2.75, 3.05) is 25.3 Å². The Hall–Kier alpha value is -2.69. The van der Waals surface area contributed by atoms with E-state index in [9.17, 15) is 4.79 Å². The highest BCUT2D eigenvalue weighted by Gasteiger charge is 2.08. The lowest BCUT2D eigenvalue weighted by Gasteiger charge is -2.11. The molecule has 5 nitrogen and oxygen atoms in total. The first-order chi connectivity index (χ1) is 10.6. The van der Waals surface area contributed by atoms with Crippen LogP contribution in [0.15, 0.2) is 42.5 Å². The normalized spacial score (nSPS) is 10.1. The number of anilines is 2. The first-order valence-electron chi connectivity index (χ1n) is 6.99. The molecule has 0 saturated carbocycles. The van der Waals surface area contributed by atoms with Gasteiger partial charge in [0.05, 0.1) is 14.2 Å². The van der Waals surface area contributed by atoms with Crippen molar-refractivity contribution in [3.63, 3.8) is 0 Å². The number of para-hydroxylation sites is 1. The second kappa shape index (κ2) is 7.36. The monoisotopic (exact) mass is 300 g/mol. The minimum atomic E-state index is -0.0736. The van der Waals surface area contributed by atoms with Gasteiger partial charge in [-0.25, -0.2) is 0 Å². The van der Waals surface area contributed by atoms with Gasteiger partial charge in [-0.05, 0) is 30.2 Å². The van der Waals surface area contributed by atoms with E-state index < -0.39 is 0 Å². The third-order valence-corrected chi connectivity index (χ3v) is 3.34. The molecule has 0 fully saturated rings. The number of ether oxygens (including phenoxy) is 2. The Morgan fingerprint density at radius 2 is 1.82 bits per heavy atom. The molecule has 0 atom stereocenters. The van der Waals surface area contributed by atoms with E-state index in [4.69, 9.17) is 15.2 Å². The number of benzene rings is 2. The molecular weight excluding hydrogens is 280 g/mol. The number of rotatable bonds is 6. The minimum absolute atomic E-state index is 0.0736. The zero-order valence-electron chi connectivity index (χ0n) is 12.8. The highest BCUT2D eigenvalue weighted by molar-refractivity contribution is 5.91. The lowest BCUT2D eigenvalue weighted by Crippen LogP contribution is -2.12. The summed E-state index contributed by atoms with van der Waals surface area (Å²) in [6, 6.07) is 12.8. The van der Waals surface area contributed by atoms with Crippen molar-refractivity contribution in [1.29, 1.82) is 0 Å². The molecule has 0 heterocycles. The van der Waals surface area contributed by atoms with Crippen LogP contribution in [0.4, 0.5) is 11.4 Å². The van der Waals surface area contributed by atoms with Crippen LogP contribution in [0.2, 0.25) is 0 Å². The average Bonchev–Trinajstić information content (AvgIpc) is 2.54. The Morgan fingerprint density at radius 1 is 1.09 bits per heavy atom. The summed E-state index contributed by atoms with van der Waals surface area (Å²) in [4.78, 5) is 12.0. The van der Waals surface area contributed by atoms with Crippen LogP contribution >= 0.6 is 0 Å². The van der Waals surface area contributed by atoms with E-state index >= 15 is 0 Å². The summed E-state index contributed by atoms with van der Waals surface area (Å²) in [5, 5.41) is 2.84. The van der Waals surface area contributed by atoms with Crippen LogP contribution in [-0.4, -0.2) is 20.1 Å². The number of carbonyl (C=O) groups excluding carboxylic acids is 1. The predicted molar refractivity (Wildman–Crippen MR) is 87.4 cm³/mol. The van der Waals surface area contributed by atoms with Gasteiger partial charge in [-0.15, -0.1) is 0 Å². The standard InChI is InChI=1S/C17H20N2O3/c1-21-15-9-8-13(11-16(15)22-2)19-17(20)10-7-12-5-3-4-6-14(12)18/h3-6,8-9,11H,7,10,18H2,1-2H3,(H,19,20). The number of amides is 1. The van der Waals surface area contributed by atoms with Gasteiger partial charge in [0.1, 0.15) is 0 Å². The van der Waals surface area contributed by atoms with E-state index in [0.717, 1.165) is 5.56 Å². The lowest BCUT2D eigenvalue weighted by molar-refractivity contribution is -0.116. The Labute approximate surface area is 130 Å². The Bertz CT molecular complexity index is 656. The smallest absolute Gasteiger partial charge is 0.224 e. The Kier molecular flexibility index (Phi) is 5.25. The number of nitrogens with two attached hydrogens (primary N) is 1. The van der Waals surface area contributed by atoms with Crippen LogP contribution in [0.1, 0.15) is 12.0 Å². The molecule has 2 aromatic rings. The molecular formula is C17H20N2O3. The molecule has 0 aliphatic heterocycles. The fourth-order valence-corrected chi connectivity index (χ4v) is 2.15. The highest BCUT2D eigenvalue weighted by Crippen LogP contribution is 2.29. The van der Waals surface area contributed by atoms with Crippen molar-refractivity contribution < 1.29 is 14.3 Å². The molecule has 0 saturated heterocycles. The number of nitrogens with one attached hydrogen (secondary N) is 1. The first-order valence-corrected chi connectivity index (χ1v) is 6.99. The molecule has 0 radical (unpaired) electrons. The Balaban J connectivity index is 1.96. The fraction of sp³-hybridized carbons (Fsp3) is 0.235. The van der Waals surface area contributed by atoms with Crippen molar-refractivity contribution in [2.45, 2.75) is 12.8 Å². The summed E-state index contributed by atoms with van der Waals surface area (Å²) in [5.41, 5.74) is 8.22. The molecule has 2 aromatic carbocycles. The topological polar surface area (TPSA) is 73.6 Å². The SMILES string of the molecule is COc1ccc(NC(=O)CCc2ccccc2N)cc1OC. The van der Waals surface area contributed by atoms with Gasteiger partial charge in [0, 0.05) is 23.9 Å². The van der Waals surface area contributed by atoms with Gasteiger partial charge in [-0.3, -0.25) is 4.79 Å². The second-order valence-corrected chi connectivity index (χ2v) is 4.82. The number of nitrogen functional groups attached to an aromatic ring is 1. The highest BCUT2D eigenvalue weighted by atomic mass is 16.5. The largest absolute Gasteiger partial charge is 0.493 e. The van der Waals surface area contributed by atoms with Crippen LogP contribution in [0.5, 0.6) is 11.5 Å². The van der Waals surface area contributed by atoms with Crippen LogP contribution in [0.25, 0.3) is 0 Å². The molecule has 3 N–H and O–H groups in total. The zero-order chi connectivity index (χ0) is 15.9. The van der Waals surface area contributed by atoms with Gasteiger partial charge in [0.2, 0.25) is 5.91 Å². The molecule has 0 aliphatic carbocycles. The number of methoxy groups -OCH3 is 2. The molecule has 22 heavy (non-hydrogen) atoms. The third kappa shape index (κ3) is 3.91. The van der Waals surface area contributed by atoms with E-state index in [1.165, 1.54) is 0 Å². The van der Waals surface area contributed by atoms with Crippen LogP contribution < -0.4 is 20.5 Å². The number of carbonyl (C=O) groups is 1. The number of aryl methyl sites for hydroxylation is 1. The molecule has 1 amide bonds. The molecule has 5 heteroatoms. The maximum absolute atomic E-state index is 12.0.